The molecule has 2 aromatic rings. The molecule has 2 N–H and O–H groups in total. The fraction of sp³-hybridized carbons (Fsp3) is 0.333. The summed E-state index contributed by atoms with van der Waals surface area (Å²) >= 11 is 0. The van der Waals surface area contributed by atoms with Gasteiger partial charge in [-0.05, 0) is 11.1 Å². The first-order chi connectivity index (χ1) is 15.0. The fourth-order valence-electron chi connectivity index (χ4n) is 3.13. The minimum Gasteiger partial charge on any atom is -0.457 e. The fourth-order valence-corrected chi connectivity index (χ4v) is 3.13. The number of rotatable bonds is 8. The number of esters is 1. The Kier molecular flexibility index (Phi) is 7.71. The van der Waals surface area contributed by atoms with Crippen molar-refractivity contribution in [2.24, 2.45) is 5.11 Å². The Bertz CT molecular complexity index is 935. The van der Waals surface area contributed by atoms with Crippen LogP contribution in [0.4, 0.5) is 0 Å². The molecule has 0 aromatic heterocycles. The molecule has 0 spiro atoms. The van der Waals surface area contributed by atoms with Gasteiger partial charge in [-0.25, -0.2) is 4.79 Å². The van der Waals surface area contributed by atoms with E-state index in [2.05, 4.69) is 10.0 Å². The summed E-state index contributed by atoms with van der Waals surface area (Å²) < 4.78 is 15.9. The summed E-state index contributed by atoms with van der Waals surface area (Å²) in [5, 5.41) is 24.4. The number of hydrogen-bond donors (Lipinski definition) is 2. The van der Waals surface area contributed by atoms with Crippen molar-refractivity contribution in [3.8, 4) is 0 Å². The van der Waals surface area contributed by atoms with Crippen molar-refractivity contribution in [3.63, 3.8) is 0 Å². The molecular weight excluding hydrogens is 406 g/mol. The minimum absolute atomic E-state index is 0.0751. The Morgan fingerprint density at radius 2 is 1.71 bits per heavy atom. The normalized spacial score (nSPS) is 25.3. The molecule has 0 amide bonds. The Labute approximate surface area is 177 Å². The zero-order valence-corrected chi connectivity index (χ0v) is 16.4. The average molecular weight is 427 g/mol. The number of hydrogen-bond acceptors (Lipinski definition) is 8. The topological polar surface area (TPSA) is 151 Å². The van der Waals surface area contributed by atoms with Crippen molar-refractivity contribution in [1.82, 2.24) is 0 Å². The van der Waals surface area contributed by atoms with E-state index in [9.17, 15) is 19.8 Å². The molecule has 3 rings (SSSR count). The number of carbonyl (C=O) groups excluding carboxylic acids is 2. The Hall–Kier alpha value is -3.27. The smallest absolute Gasteiger partial charge is 0.379 e. The summed E-state index contributed by atoms with van der Waals surface area (Å²) in [5.41, 5.74) is 9.74. The number of aliphatic hydroxyl groups is 2. The van der Waals surface area contributed by atoms with E-state index in [0.717, 1.165) is 5.56 Å². The van der Waals surface area contributed by atoms with Crippen LogP contribution in [0.15, 0.2) is 65.8 Å². The van der Waals surface area contributed by atoms with Gasteiger partial charge < -0.3 is 24.4 Å². The van der Waals surface area contributed by atoms with Gasteiger partial charge in [-0.15, -0.1) is 0 Å². The van der Waals surface area contributed by atoms with Crippen molar-refractivity contribution in [2.45, 2.75) is 37.3 Å². The molecule has 3 unspecified atom stereocenters. The average Bonchev–Trinajstić information content (AvgIpc) is 2.80. The van der Waals surface area contributed by atoms with Gasteiger partial charge in [0, 0.05) is 10.5 Å². The van der Waals surface area contributed by atoms with Gasteiger partial charge in [0.25, 0.3) is 5.78 Å². The molecule has 1 fully saturated rings. The minimum atomic E-state index is -1.60. The monoisotopic (exact) mass is 427 g/mol. The van der Waals surface area contributed by atoms with E-state index in [1.54, 1.807) is 30.3 Å². The quantitative estimate of drug-likeness (QED) is 0.163. The molecule has 31 heavy (non-hydrogen) atoms. The molecule has 1 heterocycles. The third-order valence-corrected chi connectivity index (χ3v) is 4.73. The van der Waals surface area contributed by atoms with Crippen LogP contribution in [0.2, 0.25) is 0 Å². The van der Waals surface area contributed by atoms with Crippen LogP contribution < -0.4 is 0 Å². The summed E-state index contributed by atoms with van der Waals surface area (Å²) in [4.78, 5) is 26.9. The van der Waals surface area contributed by atoms with Crippen LogP contribution in [-0.2, 0) is 25.6 Å². The maximum Gasteiger partial charge on any atom is 0.379 e. The predicted octanol–water partition coefficient (Wildman–Crippen LogP) is 1.75. The van der Waals surface area contributed by atoms with Gasteiger partial charge in [-0.1, -0.05) is 65.8 Å². The lowest BCUT2D eigenvalue weighted by atomic mass is 9.97. The van der Waals surface area contributed by atoms with Gasteiger partial charge >= 0.3 is 5.97 Å². The molecule has 0 saturated carbocycles. The van der Waals surface area contributed by atoms with Gasteiger partial charge in [-0.3, -0.25) is 4.79 Å². The number of ether oxygens (including phenoxy) is 3. The SMILES string of the molecule is [N-]=[N+]=NC1C(OCc2ccccc2)[C@H](O)C(COC(=O)C(=O)c2ccccc2)O[C@H]1O. The molecule has 1 saturated heterocycles. The molecular formula is C21H21N3O7. The third kappa shape index (κ3) is 5.66. The van der Waals surface area contributed by atoms with Gasteiger partial charge in [0.05, 0.1) is 12.7 Å². The van der Waals surface area contributed by atoms with E-state index in [0.29, 0.717) is 0 Å². The molecule has 2 aromatic carbocycles. The maximum atomic E-state index is 12.1. The number of azide groups is 1. The lowest BCUT2D eigenvalue weighted by Crippen LogP contribution is -2.59. The summed E-state index contributed by atoms with van der Waals surface area (Å²) in [6.45, 7) is -0.435. The zero-order valence-electron chi connectivity index (χ0n) is 16.4. The van der Waals surface area contributed by atoms with Gasteiger partial charge in [0.2, 0.25) is 0 Å². The lowest BCUT2D eigenvalue weighted by molar-refractivity contribution is -0.260. The molecule has 5 atom stereocenters. The van der Waals surface area contributed by atoms with Crippen LogP contribution in [0.5, 0.6) is 0 Å². The summed E-state index contributed by atoms with van der Waals surface area (Å²) in [5.74, 6) is -1.98. The second kappa shape index (κ2) is 10.7. The van der Waals surface area contributed by atoms with E-state index in [-0.39, 0.29) is 12.2 Å². The second-order valence-electron chi connectivity index (χ2n) is 6.81. The number of nitrogens with zero attached hydrogens (tertiary/aromatic N) is 3. The predicted molar refractivity (Wildman–Crippen MR) is 107 cm³/mol. The van der Waals surface area contributed by atoms with E-state index < -0.39 is 49.0 Å². The zero-order chi connectivity index (χ0) is 22.2. The highest BCUT2D eigenvalue weighted by Crippen LogP contribution is 2.26. The molecule has 0 radical (unpaired) electrons. The van der Waals surface area contributed by atoms with Crippen LogP contribution in [-0.4, -0.2) is 59.2 Å². The summed E-state index contributed by atoms with van der Waals surface area (Å²) in [7, 11) is 0. The molecule has 10 heteroatoms. The highest BCUT2D eigenvalue weighted by atomic mass is 16.6. The number of carbonyl (C=O) groups is 2. The third-order valence-electron chi connectivity index (χ3n) is 4.73. The summed E-state index contributed by atoms with van der Waals surface area (Å²) in [6, 6.07) is 15.7. The maximum absolute atomic E-state index is 12.1. The number of aliphatic hydroxyl groups excluding tert-OH is 2. The van der Waals surface area contributed by atoms with E-state index in [1.807, 2.05) is 18.2 Å². The van der Waals surface area contributed by atoms with E-state index >= 15 is 0 Å². The molecule has 0 bridgehead atoms. The van der Waals surface area contributed by atoms with Crippen molar-refractivity contribution in [1.29, 1.82) is 0 Å². The Balaban J connectivity index is 1.65. The first-order valence-electron chi connectivity index (χ1n) is 9.49. The molecule has 0 aliphatic carbocycles. The second-order valence-corrected chi connectivity index (χ2v) is 6.81. The van der Waals surface area contributed by atoms with Crippen molar-refractivity contribution in [3.05, 3.63) is 82.2 Å². The number of Topliss-reactive ketones (excluding diaryl/α,β-unsaturated/α-hetero) is 1. The van der Waals surface area contributed by atoms with Crippen LogP contribution in [0.1, 0.15) is 15.9 Å². The highest BCUT2D eigenvalue weighted by molar-refractivity contribution is 6.40. The van der Waals surface area contributed by atoms with Crippen LogP contribution in [0.3, 0.4) is 0 Å². The first kappa shape index (κ1) is 22.4. The van der Waals surface area contributed by atoms with Crippen molar-refractivity contribution in [2.75, 3.05) is 6.61 Å². The van der Waals surface area contributed by atoms with Crippen LogP contribution in [0, 0.1) is 0 Å². The van der Waals surface area contributed by atoms with E-state index in [4.69, 9.17) is 19.7 Å². The van der Waals surface area contributed by atoms with E-state index in [1.165, 1.54) is 12.1 Å². The van der Waals surface area contributed by atoms with Gasteiger partial charge in [-0.2, -0.15) is 0 Å². The summed E-state index contributed by atoms with van der Waals surface area (Å²) in [6.07, 6.45) is -5.34. The lowest BCUT2D eigenvalue weighted by Gasteiger charge is -2.40. The molecule has 1 aliphatic rings. The molecule has 162 valence electrons. The Morgan fingerprint density at radius 1 is 1.06 bits per heavy atom. The molecule has 1 aliphatic heterocycles. The number of ketones is 1. The van der Waals surface area contributed by atoms with Crippen molar-refractivity contribution >= 4 is 11.8 Å². The van der Waals surface area contributed by atoms with Crippen LogP contribution in [0.25, 0.3) is 10.4 Å². The van der Waals surface area contributed by atoms with Crippen LogP contribution >= 0.6 is 0 Å². The van der Waals surface area contributed by atoms with Crippen molar-refractivity contribution < 1.29 is 34.0 Å². The van der Waals surface area contributed by atoms with Gasteiger partial charge in [0.15, 0.2) is 6.29 Å². The Morgan fingerprint density at radius 3 is 2.35 bits per heavy atom. The number of benzene rings is 2. The first-order valence-corrected chi connectivity index (χ1v) is 9.49. The highest BCUT2D eigenvalue weighted by Gasteiger charge is 2.45. The van der Waals surface area contributed by atoms with Gasteiger partial charge in [0.1, 0.15) is 24.9 Å². The standard InChI is InChI=1S/C21H21N3O7/c22-24-23-16-19(29-11-13-7-3-1-4-8-13)18(26)15(31-20(16)27)12-30-21(28)17(25)14-9-5-2-6-10-14/h1-10,15-16,18-20,26-27H,11-12H2/t15?,16?,18-,19?,20-/m1/s1. The largest absolute Gasteiger partial charge is 0.457 e. The molecule has 10 nitrogen and oxygen atoms in total.